The molecule has 0 amide bonds. The van der Waals surface area contributed by atoms with Gasteiger partial charge in [-0.1, -0.05) is 127 Å². The van der Waals surface area contributed by atoms with Crippen LogP contribution in [0.25, 0.3) is 94.1 Å². The Labute approximate surface area is 275 Å². The van der Waals surface area contributed by atoms with Gasteiger partial charge >= 0.3 is 0 Å². The lowest BCUT2D eigenvalue weighted by Gasteiger charge is -2.09. The zero-order chi connectivity index (χ0) is 31.6. The minimum Gasteiger partial charge on any atom is -0.455 e. The molecule has 0 aliphatic carbocycles. The lowest BCUT2D eigenvalue weighted by Crippen LogP contribution is -2.03. The van der Waals surface area contributed by atoms with Crippen LogP contribution in [0.5, 0.6) is 0 Å². The topological polar surface area (TPSA) is 56.7 Å². The molecule has 48 heavy (non-hydrogen) atoms. The van der Waals surface area contributed by atoms with Crippen LogP contribution in [0.2, 0.25) is 0 Å². The first-order valence-corrected chi connectivity index (χ1v) is 16.0. The summed E-state index contributed by atoms with van der Waals surface area (Å²) in [6.07, 6.45) is 1.60. The van der Waals surface area contributed by atoms with Gasteiger partial charge in [-0.15, -0.1) is 0 Å². The third kappa shape index (κ3) is 4.08. The lowest BCUT2D eigenvalue weighted by atomic mass is 9.96. The first kappa shape index (κ1) is 26.6. The van der Waals surface area contributed by atoms with Crippen molar-refractivity contribution in [2.75, 3.05) is 0 Å². The molecular formula is C43H26N4O. The normalized spacial score (nSPS) is 11.8. The van der Waals surface area contributed by atoms with Crippen molar-refractivity contribution in [1.29, 1.82) is 0 Å². The quantitative estimate of drug-likeness (QED) is 0.198. The van der Waals surface area contributed by atoms with E-state index in [0.717, 1.165) is 60.4 Å². The first-order valence-electron chi connectivity index (χ1n) is 16.0. The number of aromatic nitrogens is 4. The van der Waals surface area contributed by atoms with Gasteiger partial charge in [0.15, 0.2) is 5.82 Å². The van der Waals surface area contributed by atoms with Gasteiger partial charge in [0.2, 0.25) is 5.95 Å². The minimum absolute atomic E-state index is 0.565. The predicted octanol–water partition coefficient (Wildman–Crippen LogP) is 11.0. The van der Waals surface area contributed by atoms with Gasteiger partial charge in [-0.3, -0.25) is 4.57 Å². The van der Waals surface area contributed by atoms with Gasteiger partial charge in [0.25, 0.3) is 0 Å². The highest BCUT2D eigenvalue weighted by molar-refractivity contribution is 6.23. The van der Waals surface area contributed by atoms with Crippen molar-refractivity contribution in [3.8, 4) is 39.6 Å². The molecule has 0 saturated carbocycles. The lowest BCUT2D eigenvalue weighted by molar-refractivity contribution is 0.673. The van der Waals surface area contributed by atoms with Crippen molar-refractivity contribution in [3.05, 3.63) is 158 Å². The van der Waals surface area contributed by atoms with Crippen molar-refractivity contribution in [2.45, 2.75) is 0 Å². The molecule has 3 heterocycles. The van der Waals surface area contributed by atoms with E-state index in [9.17, 15) is 0 Å². The Hall–Kier alpha value is -6.59. The smallest absolute Gasteiger partial charge is 0.238 e. The molecule has 10 rings (SSSR count). The summed E-state index contributed by atoms with van der Waals surface area (Å²) >= 11 is 0. The maximum absolute atomic E-state index is 6.44. The van der Waals surface area contributed by atoms with Crippen LogP contribution >= 0.6 is 0 Å². The van der Waals surface area contributed by atoms with E-state index in [-0.39, 0.29) is 0 Å². The monoisotopic (exact) mass is 614 g/mol. The van der Waals surface area contributed by atoms with Crippen molar-refractivity contribution in [2.24, 2.45) is 0 Å². The second kappa shape index (κ2) is 10.5. The summed E-state index contributed by atoms with van der Waals surface area (Å²) < 4.78 is 8.55. The van der Waals surface area contributed by atoms with Crippen molar-refractivity contribution >= 4 is 54.5 Å². The fourth-order valence-corrected chi connectivity index (χ4v) is 7.12. The van der Waals surface area contributed by atoms with E-state index in [0.29, 0.717) is 11.8 Å². The summed E-state index contributed by atoms with van der Waals surface area (Å²) in [5.74, 6) is 1.18. The predicted molar refractivity (Wildman–Crippen MR) is 195 cm³/mol. The van der Waals surface area contributed by atoms with Gasteiger partial charge in [-0.2, -0.15) is 4.98 Å². The maximum Gasteiger partial charge on any atom is 0.238 e. The van der Waals surface area contributed by atoms with E-state index < -0.39 is 0 Å². The number of nitrogens with zero attached hydrogens (tertiary/aromatic N) is 4. The first-order chi connectivity index (χ1) is 23.8. The van der Waals surface area contributed by atoms with Crippen LogP contribution in [0.15, 0.2) is 162 Å². The standard InChI is InChI=1S/C43H26N4O/c1-2-10-32-29(8-1)9-7-13-33(32)30-20-16-27(17-21-30)28-18-22-31(23-19-28)42-44-26-45-43(46-42)47-37-14-5-3-12-36(37)40-38(47)25-24-35-34-11-4-6-15-39(34)48-41(35)40/h1-26H. The molecule has 7 aromatic carbocycles. The van der Waals surface area contributed by atoms with Gasteiger partial charge in [0.05, 0.1) is 16.4 Å². The second-order valence-corrected chi connectivity index (χ2v) is 12.1. The molecule has 5 heteroatoms. The third-order valence-corrected chi connectivity index (χ3v) is 9.40. The number of fused-ring (bicyclic) bond motifs is 8. The number of rotatable bonds is 4. The van der Waals surface area contributed by atoms with Crippen LogP contribution in [0, 0.1) is 0 Å². The van der Waals surface area contributed by atoms with E-state index in [2.05, 4.69) is 142 Å². The highest BCUT2D eigenvalue weighted by atomic mass is 16.3. The van der Waals surface area contributed by atoms with E-state index in [4.69, 9.17) is 9.40 Å². The molecule has 0 unspecified atom stereocenters. The Kier molecular flexibility index (Phi) is 5.81. The average Bonchev–Trinajstić information content (AvgIpc) is 3.71. The SMILES string of the molecule is c1ccc2c(-c3ccc(-c4ccc(-c5ncnc(-n6c7ccccc7c7c8oc9ccccc9c8ccc76)n5)cc4)cc3)cccc2c1. The number of hydrogen-bond acceptors (Lipinski definition) is 4. The number of hydrogen-bond donors (Lipinski definition) is 0. The van der Waals surface area contributed by atoms with E-state index in [1.54, 1.807) is 6.33 Å². The molecule has 10 aromatic rings. The molecule has 0 aliphatic heterocycles. The molecule has 5 nitrogen and oxygen atoms in total. The fourth-order valence-electron chi connectivity index (χ4n) is 7.12. The van der Waals surface area contributed by atoms with Crippen molar-refractivity contribution in [1.82, 2.24) is 19.5 Å². The molecule has 0 aliphatic rings. The molecule has 0 atom stereocenters. The van der Waals surface area contributed by atoms with Gasteiger partial charge < -0.3 is 4.42 Å². The highest BCUT2D eigenvalue weighted by Gasteiger charge is 2.20. The Morgan fingerprint density at radius 2 is 1.12 bits per heavy atom. The molecule has 0 saturated heterocycles. The maximum atomic E-state index is 6.44. The number of benzene rings is 7. The summed E-state index contributed by atoms with van der Waals surface area (Å²) in [6.45, 7) is 0. The fraction of sp³-hybridized carbons (Fsp3) is 0. The summed E-state index contributed by atoms with van der Waals surface area (Å²) in [5, 5.41) is 6.86. The van der Waals surface area contributed by atoms with Crippen molar-refractivity contribution < 1.29 is 4.42 Å². The van der Waals surface area contributed by atoms with E-state index in [1.807, 2.05) is 24.3 Å². The van der Waals surface area contributed by atoms with Gasteiger partial charge in [-0.25, -0.2) is 9.97 Å². The molecular weight excluding hydrogens is 589 g/mol. The Morgan fingerprint density at radius 1 is 0.458 bits per heavy atom. The largest absolute Gasteiger partial charge is 0.455 e. The number of furan rings is 1. The van der Waals surface area contributed by atoms with Crippen LogP contribution in [0.3, 0.4) is 0 Å². The third-order valence-electron chi connectivity index (χ3n) is 9.40. The Bertz CT molecular complexity index is 2820. The van der Waals surface area contributed by atoms with E-state index >= 15 is 0 Å². The van der Waals surface area contributed by atoms with Crippen LogP contribution in [0.4, 0.5) is 0 Å². The van der Waals surface area contributed by atoms with Crippen molar-refractivity contribution in [3.63, 3.8) is 0 Å². The molecule has 3 aromatic heterocycles. The molecule has 0 bridgehead atoms. The van der Waals surface area contributed by atoms with Gasteiger partial charge in [0, 0.05) is 21.7 Å². The zero-order valence-corrected chi connectivity index (χ0v) is 25.7. The molecule has 0 spiro atoms. The Morgan fingerprint density at radius 3 is 1.96 bits per heavy atom. The second-order valence-electron chi connectivity index (χ2n) is 12.1. The minimum atomic E-state index is 0.565. The summed E-state index contributed by atoms with van der Waals surface area (Å²) in [7, 11) is 0. The molecule has 0 N–H and O–H groups in total. The molecule has 224 valence electrons. The zero-order valence-electron chi connectivity index (χ0n) is 25.7. The number of para-hydroxylation sites is 2. The van der Waals surface area contributed by atoms with Crippen LogP contribution in [-0.2, 0) is 0 Å². The van der Waals surface area contributed by atoms with Gasteiger partial charge in [-0.05, 0) is 57.3 Å². The van der Waals surface area contributed by atoms with Crippen LogP contribution in [-0.4, -0.2) is 19.5 Å². The van der Waals surface area contributed by atoms with Gasteiger partial charge in [0.1, 0.15) is 17.5 Å². The van der Waals surface area contributed by atoms with Crippen LogP contribution in [0.1, 0.15) is 0 Å². The highest BCUT2D eigenvalue weighted by Crippen LogP contribution is 2.40. The summed E-state index contributed by atoms with van der Waals surface area (Å²) in [5.41, 5.74) is 9.42. The molecule has 0 radical (unpaired) electrons. The molecule has 0 fully saturated rings. The van der Waals surface area contributed by atoms with Crippen LogP contribution < -0.4 is 0 Å². The Balaban J connectivity index is 1.02. The summed E-state index contributed by atoms with van der Waals surface area (Å²) in [4.78, 5) is 14.2. The summed E-state index contributed by atoms with van der Waals surface area (Å²) in [6, 6.07) is 53.0. The van der Waals surface area contributed by atoms with E-state index in [1.165, 1.54) is 21.9 Å². The average molecular weight is 615 g/mol.